The molecule has 0 fully saturated rings. The maximum absolute atomic E-state index is 4.32. The Morgan fingerprint density at radius 1 is 1.60 bits per heavy atom. The van der Waals surface area contributed by atoms with Crippen LogP contribution in [0.2, 0.25) is 0 Å². The Kier molecular flexibility index (Phi) is 1.17. The standard InChI is InChI=1S/C6H7BN2S/c1-4-3-9-6(8-4)10-5(2)7-9/h3H,1-2H3. The molecule has 0 atom stereocenters. The second-order valence-electron chi connectivity index (χ2n) is 2.41. The van der Waals surface area contributed by atoms with Crippen LogP contribution in [-0.4, -0.2) is 16.3 Å². The van der Waals surface area contributed by atoms with Crippen molar-refractivity contribution in [1.29, 1.82) is 0 Å². The molecule has 0 radical (unpaired) electrons. The molecule has 0 bridgehead atoms. The Hall–Kier alpha value is -0.635. The monoisotopic (exact) mass is 150 g/mol. The van der Waals surface area contributed by atoms with Crippen molar-refractivity contribution in [2.45, 2.75) is 13.8 Å². The first-order valence-corrected chi connectivity index (χ1v) is 3.99. The number of nitrogens with zero attached hydrogens (tertiary/aromatic N) is 2. The molecule has 2 rings (SSSR count). The maximum atomic E-state index is 4.32. The fraction of sp³-hybridized carbons (Fsp3) is 0.333. The van der Waals surface area contributed by atoms with Gasteiger partial charge in [0.15, 0.2) is 0 Å². The molecule has 0 spiro atoms. The van der Waals surface area contributed by atoms with E-state index in [1.807, 2.05) is 13.1 Å². The SMILES string of the molecule is Cc1cn2bc(C)sc2n1. The summed E-state index contributed by atoms with van der Waals surface area (Å²) in [6.45, 7) is 4.10. The molecule has 0 aliphatic rings. The molecule has 0 aliphatic heterocycles. The zero-order valence-electron chi connectivity index (χ0n) is 5.96. The first-order valence-electron chi connectivity index (χ1n) is 3.17. The summed E-state index contributed by atoms with van der Waals surface area (Å²) in [4.78, 5) is 5.41. The van der Waals surface area contributed by atoms with Crippen molar-refractivity contribution in [3.63, 3.8) is 0 Å². The van der Waals surface area contributed by atoms with E-state index in [2.05, 4.69) is 23.3 Å². The summed E-state index contributed by atoms with van der Waals surface area (Å²) in [7, 11) is 2.10. The van der Waals surface area contributed by atoms with E-state index in [9.17, 15) is 0 Å². The summed E-state index contributed by atoms with van der Waals surface area (Å²) in [5, 5.41) is 0. The van der Waals surface area contributed by atoms with Gasteiger partial charge in [-0.15, -0.1) is 0 Å². The van der Waals surface area contributed by atoms with Crippen molar-refractivity contribution in [2.75, 3.05) is 0 Å². The third kappa shape index (κ3) is 0.796. The van der Waals surface area contributed by atoms with E-state index in [1.54, 1.807) is 11.3 Å². The van der Waals surface area contributed by atoms with E-state index >= 15 is 0 Å². The van der Waals surface area contributed by atoms with E-state index in [1.165, 1.54) is 4.77 Å². The Morgan fingerprint density at radius 2 is 2.40 bits per heavy atom. The van der Waals surface area contributed by atoms with E-state index in [0.29, 0.717) is 0 Å². The summed E-state index contributed by atoms with van der Waals surface area (Å²) < 4.78 is 3.37. The molecule has 2 heterocycles. The molecule has 10 heavy (non-hydrogen) atoms. The van der Waals surface area contributed by atoms with Crippen LogP contribution in [0.3, 0.4) is 0 Å². The summed E-state index contributed by atoms with van der Waals surface area (Å²) in [6, 6.07) is 0. The molecular weight excluding hydrogens is 143 g/mol. The molecule has 0 N–H and O–H groups in total. The van der Waals surface area contributed by atoms with Crippen LogP contribution < -0.4 is 0 Å². The van der Waals surface area contributed by atoms with Crippen LogP contribution in [-0.2, 0) is 0 Å². The number of aromatic nitrogens is 2. The molecule has 0 saturated heterocycles. The fourth-order valence-electron chi connectivity index (χ4n) is 1.03. The van der Waals surface area contributed by atoms with Gasteiger partial charge in [0.2, 0.25) is 0 Å². The van der Waals surface area contributed by atoms with Gasteiger partial charge in [0, 0.05) is 0 Å². The van der Waals surface area contributed by atoms with Crippen molar-refractivity contribution >= 4 is 23.4 Å². The summed E-state index contributed by atoms with van der Waals surface area (Å²) >= 11 is 1.72. The number of hydrogen-bond donors (Lipinski definition) is 0. The van der Waals surface area contributed by atoms with E-state index in [-0.39, 0.29) is 0 Å². The van der Waals surface area contributed by atoms with Crippen LogP contribution in [0.15, 0.2) is 6.20 Å². The normalized spacial score (nSPS) is 10.6. The van der Waals surface area contributed by atoms with Gasteiger partial charge in [-0.3, -0.25) is 0 Å². The van der Waals surface area contributed by atoms with Gasteiger partial charge in [-0.1, -0.05) is 0 Å². The number of rotatable bonds is 0. The molecule has 0 unspecified atom stereocenters. The summed E-state index contributed by atoms with van der Waals surface area (Å²) in [6.07, 6.45) is 2.04. The number of hydrogen-bond acceptors (Lipinski definition) is 2. The van der Waals surface area contributed by atoms with Crippen molar-refractivity contribution in [3.8, 4) is 0 Å². The molecule has 0 amide bonds. The van der Waals surface area contributed by atoms with Crippen LogP contribution >= 0.6 is 11.3 Å². The third-order valence-electron chi connectivity index (χ3n) is 1.39. The molecule has 2 aromatic rings. The van der Waals surface area contributed by atoms with Crippen LogP contribution in [0.5, 0.6) is 0 Å². The molecule has 4 heteroatoms. The zero-order valence-corrected chi connectivity index (χ0v) is 6.77. The van der Waals surface area contributed by atoms with E-state index in [0.717, 1.165) is 10.7 Å². The van der Waals surface area contributed by atoms with Crippen LogP contribution in [0.25, 0.3) is 4.96 Å². The molecular formula is C6H7BN2S. The quantitative estimate of drug-likeness (QED) is 0.554. The Bertz CT molecular complexity index is 300. The van der Waals surface area contributed by atoms with Crippen LogP contribution in [0.1, 0.15) is 10.5 Å². The van der Waals surface area contributed by atoms with Gasteiger partial charge < -0.3 is 0 Å². The average Bonchev–Trinajstić information content (AvgIpc) is 2.21. The van der Waals surface area contributed by atoms with Crippen LogP contribution in [0, 0.1) is 13.8 Å². The molecule has 50 valence electrons. The predicted octanol–water partition coefficient (Wildman–Crippen LogP) is 1.35. The molecule has 0 saturated carbocycles. The zero-order chi connectivity index (χ0) is 7.14. The number of aryl methyl sites for hydroxylation is 2. The summed E-state index contributed by atoms with van der Waals surface area (Å²) in [5.41, 5.74) is 1.09. The average molecular weight is 150 g/mol. The minimum atomic E-state index is 1.09. The summed E-state index contributed by atoms with van der Waals surface area (Å²) in [5.74, 6) is 0. The predicted molar refractivity (Wildman–Crippen MR) is 43.9 cm³/mol. The van der Waals surface area contributed by atoms with Gasteiger partial charge in [0.05, 0.1) is 0 Å². The first kappa shape index (κ1) is 6.10. The van der Waals surface area contributed by atoms with Gasteiger partial charge in [-0.2, -0.15) is 0 Å². The van der Waals surface area contributed by atoms with Gasteiger partial charge in [-0.25, -0.2) is 0 Å². The van der Waals surface area contributed by atoms with Crippen molar-refractivity contribution in [3.05, 3.63) is 16.7 Å². The first-order chi connectivity index (χ1) is 4.75. The van der Waals surface area contributed by atoms with Crippen molar-refractivity contribution in [2.24, 2.45) is 0 Å². The molecule has 0 aliphatic carbocycles. The van der Waals surface area contributed by atoms with E-state index in [4.69, 9.17) is 0 Å². The van der Waals surface area contributed by atoms with Gasteiger partial charge in [0.25, 0.3) is 0 Å². The van der Waals surface area contributed by atoms with E-state index < -0.39 is 0 Å². The second-order valence-corrected chi connectivity index (χ2v) is 3.63. The topological polar surface area (TPSA) is 17.3 Å². The van der Waals surface area contributed by atoms with Gasteiger partial charge in [-0.05, 0) is 0 Å². The molecule has 0 aromatic carbocycles. The van der Waals surface area contributed by atoms with Crippen LogP contribution in [0.4, 0.5) is 0 Å². The molecule has 2 nitrogen and oxygen atoms in total. The van der Waals surface area contributed by atoms with Gasteiger partial charge >= 0.3 is 63.2 Å². The Balaban J connectivity index is 2.83. The number of imidazole rings is 1. The Morgan fingerprint density at radius 3 is 3.10 bits per heavy atom. The van der Waals surface area contributed by atoms with Gasteiger partial charge in [0.1, 0.15) is 0 Å². The minimum absolute atomic E-state index is 1.09. The van der Waals surface area contributed by atoms with Crippen molar-refractivity contribution in [1.82, 2.24) is 9.29 Å². The second kappa shape index (κ2) is 1.92. The van der Waals surface area contributed by atoms with Crippen molar-refractivity contribution < 1.29 is 0 Å². The molecule has 2 aromatic heterocycles. The number of fused-ring (bicyclic) bond motifs is 1. The Labute approximate surface area is 63.8 Å². The third-order valence-corrected chi connectivity index (χ3v) is 2.30. The fourth-order valence-corrected chi connectivity index (χ4v) is 1.88.